The summed E-state index contributed by atoms with van der Waals surface area (Å²) in [5.74, 6) is -1.52. The molecule has 0 aromatic heterocycles. The lowest BCUT2D eigenvalue weighted by Crippen LogP contribution is -2.27. The van der Waals surface area contributed by atoms with Gasteiger partial charge in [-0.3, -0.25) is 9.59 Å². The first kappa shape index (κ1) is 16.4. The second-order valence-electron chi connectivity index (χ2n) is 5.39. The van der Waals surface area contributed by atoms with Crippen molar-refractivity contribution in [1.29, 1.82) is 5.26 Å². The number of nitriles is 1. The minimum absolute atomic E-state index is 0.0829. The average Bonchev–Trinajstić information content (AvgIpc) is 2.90. The van der Waals surface area contributed by atoms with Crippen LogP contribution in [0.4, 0.5) is 15.8 Å². The molecule has 2 amide bonds. The maximum absolute atomic E-state index is 13.0. The average molecular weight is 335 g/mol. The second-order valence-corrected chi connectivity index (χ2v) is 5.39. The highest BCUT2D eigenvalue weighted by molar-refractivity contribution is 6.37. The second kappa shape index (κ2) is 6.57. The van der Waals surface area contributed by atoms with Crippen molar-refractivity contribution in [2.24, 2.45) is 0 Å². The summed E-state index contributed by atoms with van der Waals surface area (Å²) in [7, 11) is 0. The molecule has 0 fully saturated rings. The van der Waals surface area contributed by atoms with Gasteiger partial charge in [0.15, 0.2) is 0 Å². The minimum atomic E-state index is -0.704. The largest absolute Gasteiger partial charge is 0.321 e. The van der Waals surface area contributed by atoms with Crippen LogP contribution in [-0.4, -0.2) is 18.4 Å². The number of anilines is 2. The van der Waals surface area contributed by atoms with E-state index in [0.29, 0.717) is 23.5 Å². The number of rotatable bonds is 3. The summed E-state index contributed by atoms with van der Waals surface area (Å²) in [6.45, 7) is 2.25. The Morgan fingerprint density at radius 2 is 1.88 bits per heavy atom. The number of benzene rings is 2. The van der Waals surface area contributed by atoms with Gasteiger partial charge >= 0.3 is 0 Å². The van der Waals surface area contributed by atoms with E-state index < -0.39 is 11.7 Å². The highest BCUT2D eigenvalue weighted by Gasteiger charge is 2.35. The van der Waals surface area contributed by atoms with Crippen LogP contribution in [0, 0.1) is 17.1 Å². The van der Waals surface area contributed by atoms with Gasteiger partial charge in [-0.1, -0.05) is 18.2 Å². The Morgan fingerprint density at radius 3 is 2.52 bits per heavy atom. The Labute approximate surface area is 144 Å². The number of nitrogens with zero attached hydrogens (tertiary/aromatic N) is 2. The third-order valence-corrected chi connectivity index (χ3v) is 3.93. The van der Waals surface area contributed by atoms with Gasteiger partial charge in [0.1, 0.15) is 17.5 Å². The van der Waals surface area contributed by atoms with Crippen molar-refractivity contribution >= 4 is 28.8 Å². The third-order valence-electron chi connectivity index (χ3n) is 3.93. The lowest BCUT2D eigenvalue weighted by atomic mass is 10.0. The number of halogens is 1. The molecular weight excluding hydrogens is 321 g/mol. The molecule has 1 aliphatic rings. The summed E-state index contributed by atoms with van der Waals surface area (Å²) in [6.07, 6.45) is 0. The fourth-order valence-corrected chi connectivity index (χ4v) is 2.78. The van der Waals surface area contributed by atoms with Crippen molar-refractivity contribution in [3.63, 3.8) is 0 Å². The molecule has 2 aromatic rings. The van der Waals surface area contributed by atoms with E-state index >= 15 is 0 Å². The predicted molar refractivity (Wildman–Crippen MR) is 92.0 cm³/mol. The third kappa shape index (κ3) is 2.88. The van der Waals surface area contributed by atoms with Crippen LogP contribution in [0.15, 0.2) is 54.1 Å². The van der Waals surface area contributed by atoms with Gasteiger partial charge < -0.3 is 10.2 Å². The molecule has 2 aromatic carbocycles. The van der Waals surface area contributed by atoms with E-state index in [9.17, 15) is 19.2 Å². The van der Waals surface area contributed by atoms with Gasteiger partial charge in [0, 0.05) is 17.8 Å². The topological polar surface area (TPSA) is 73.2 Å². The van der Waals surface area contributed by atoms with Crippen LogP contribution in [0.2, 0.25) is 0 Å². The lowest BCUT2D eigenvalue weighted by molar-refractivity contribution is -0.114. The molecule has 5 nitrogen and oxygen atoms in total. The van der Waals surface area contributed by atoms with Gasteiger partial charge in [0.25, 0.3) is 11.8 Å². The molecular formula is C19H14FN3O2. The number of hydrogen-bond donors (Lipinski definition) is 1. The fourth-order valence-electron chi connectivity index (χ4n) is 2.78. The Kier molecular flexibility index (Phi) is 4.31. The zero-order chi connectivity index (χ0) is 18.0. The van der Waals surface area contributed by atoms with Gasteiger partial charge in [0.2, 0.25) is 0 Å². The van der Waals surface area contributed by atoms with Crippen molar-refractivity contribution in [2.75, 3.05) is 16.8 Å². The van der Waals surface area contributed by atoms with Crippen LogP contribution in [0.1, 0.15) is 12.5 Å². The molecule has 0 spiro atoms. The summed E-state index contributed by atoms with van der Waals surface area (Å²) in [5.41, 5.74) is 1.38. The SMILES string of the molecule is CCN1C(=O)C(=C(C#N)C(=O)Nc2ccc(F)cc2)c2ccccc21. The van der Waals surface area contributed by atoms with Crippen LogP contribution in [0.25, 0.3) is 5.57 Å². The molecule has 25 heavy (non-hydrogen) atoms. The molecule has 1 N–H and O–H groups in total. The van der Waals surface area contributed by atoms with E-state index in [0.717, 1.165) is 0 Å². The number of carbonyl (C=O) groups excluding carboxylic acids is 2. The Morgan fingerprint density at radius 1 is 1.20 bits per heavy atom. The number of fused-ring (bicyclic) bond motifs is 1. The first-order valence-electron chi connectivity index (χ1n) is 7.69. The van der Waals surface area contributed by atoms with E-state index in [1.807, 2.05) is 13.0 Å². The molecule has 1 heterocycles. The first-order chi connectivity index (χ1) is 12.1. The van der Waals surface area contributed by atoms with Gasteiger partial charge in [-0.15, -0.1) is 0 Å². The molecule has 0 aliphatic carbocycles. The normalized spacial score (nSPS) is 14.8. The van der Waals surface area contributed by atoms with E-state index in [1.54, 1.807) is 24.3 Å². The summed E-state index contributed by atoms with van der Waals surface area (Å²) in [6, 6.07) is 14.0. The van der Waals surface area contributed by atoms with Crippen molar-refractivity contribution in [3.8, 4) is 6.07 Å². The lowest BCUT2D eigenvalue weighted by Gasteiger charge is -2.13. The zero-order valence-electron chi connectivity index (χ0n) is 13.4. The Hall–Kier alpha value is -3.46. The standard InChI is InChI=1S/C19H14FN3O2/c1-2-23-16-6-4-3-5-14(16)17(19(23)25)15(11-21)18(24)22-13-9-7-12(20)8-10-13/h3-10H,2H2,1H3,(H,22,24). The smallest absolute Gasteiger partial charge is 0.267 e. The number of nitrogens with one attached hydrogen (secondary N) is 1. The van der Waals surface area contributed by atoms with Crippen molar-refractivity contribution in [2.45, 2.75) is 6.92 Å². The number of hydrogen-bond acceptors (Lipinski definition) is 3. The van der Waals surface area contributed by atoms with Gasteiger partial charge in [-0.05, 0) is 37.3 Å². The van der Waals surface area contributed by atoms with Crippen LogP contribution < -0.4 is 10.2 Å². The highest BCUT2D eigenvalue weighted by Crippen LogP contribution is 2.38. The van der Waals surface area contributed by atoms with Gasteiger partial charge in [-0.2, -0.15) is 5.26 Å². The maximum Gasteiger partial charge on any atom is 0.267 e. The van der Waals surface area contributed by atoms with Gasteiger partial charge in [-0.25, -0.2) is 4.39 Å². The molecule has 0 unspecified atom stereocenters. The highest BCUT2D eigenvalue weighted by atomic mass is 19.1. The molecule has 3 rings (SSSR count). The van der Waals surface area contributed by atoms with Crippen LogP contribution in [0.3, 0.4) is 0 Å². The number of likely N-dealkylation sites (N-methyl/N-ethyl adjacent to an activating group) is 1. The number of carbonyl (C=O) groups is 2. The number of para-hydroxylation sites is 1. The molecule has 124 valence electrons. The Bertz CT molecular complexity index is 926. The van der Waals surface area contributed by atoms with Crippen molar-refractivity contribution in [1.82, 2.24) is 0 Å². The fraction of sp³-hybridized carbons (Fsp3) is 0.105. The molecule has 0 bridgehead atoms. The summed E-state index contributed by atoms with van der Waals surface area (Å²) in [5, 5.41) is 12.0. The zero-order valence-corrected chi connectivity index (χ0v) is 13.4. The van der Waals surface area contributed by atoms with E-state index in [4.69, 9.17) is 0 Å². The predicted octanol–water partition coefficient (Wildman–Crippen LogP) is 3.11. The molecule has 0 radical (unpaired) electrons. The molecule has 0 atom stereocenters. The van der Waals surface area contributed by atoms with E-state index in [1.165, 1.54) is 29.2 Å². The molecule has 6 heteroatoms. The first-order valence-corrected chi connectivity index (χ1v) is 7.69. The summed E-state index contributed by atoms with van der Waals surface area (Å²) >= 11 is 0. The monoisotopic (exact) mass is 335 g/mol. The maximum atomic E-state index is 13.0. The van der Waals surface area contributed by atoms with E-state index in [2.05, 4.69) is 5.32 Å². The van der Waals surface area contributed by atoms with Crippen molar-refractivity contribution in [3.05, 3.63) is 65.5 Å². The number of amides is 2. The minimum Gasteiger partial charge on any atom is -0.321 e. The van der Waals surface area contributed by atoms with Crippen LogP contribution in [0.5, 0.6) is 0 Å². The quantitative estimate of drug-likeness (QED) is 0.692. The summed E-state index contributed by atoms with van der Waals surface area (Å²) < 4.78 is 13.0. The molecule has 0 saturated carbocycles. The van der Waals surface area contributed by atoms with Crippen LogP contribution in [-0.2, 0) is 9.59 Å². The Balaban J connectivity index is 2.04. The van der Waals surface area contributed by atoms with Crippen molar-refractivity contribution < 1.29 is 14.0 Å². The van der Waals surface area contributed by atoms with E-state index in [-0.39, 0.29) is 17.1 Å². The molecule has 1 aliphatic heterocycles. The van der Waals surface area contributed by atoms with Gasteiger partial charge in [0.05, 0.1) is 11.3 Å². The van der Waals surface area contributed by atoms with Crippen LogP contribution >= 0.6 is 0 Å². The molecule has 0 saturated heterocycles. The summed E-state index contributed by atoms with van der Waals surface area (Å²) in [4.78, 5) is 26.7.